The molecule has 0 aromatic heterocycles. The number of carbonyl (C=O) groups excluding carboxylic acids is 2. The van der Waals surface area contributed by atoms with Crippen LogP contribution in [-0.4, -0.2) is 94.7 Å². The highest BCUT2D eigenvalue weighted by Crippen LogP contribution is 2.27. The largest absolute Gasteiger partial charge is 0.327 e. The summed E-state index contributed by atoms with van der Waals surface area (Å²) in [5, 5.41) is 0. The summed E-state index contributed by atoms with van der Waals surface area (Å²) in [4.78, 5) is 24.9. The SMILES string of the molecule is C[N+](C)(C)CC1=CC(=S(O)(O)=C2C=CC(=O)C(C[N+](C)(C)C)=C2)C=CC1=O. The summed E-state index contributed by atoms with van der Waals surface area (Å²) in [5.41, 5.74) is 1.07. The molecule has 2 N–H and O–H groups in total. The van der Waals surface area contributed by atoms with Crippen LogP contribution in [-0.2, 0) is 9.59 Å². The van der Waals surface area contributed by atoms with Crippen molar-refractivity contribution in [1.82, 2.24) is 0 Å². The Labute approximate surface area is 162 Å². The highest BCUT2D eigenvalue weighted by molar-refractivity contribution is 8.22. The molecule has 0 heterocycles. The lowest BCUT2D eigenvalue weighted by Crippen LogP contribution is -2.38. The maximum atomic E-state index is 12.2. The second-order valence-corrected chi connectivity index (χ2v) is 11.0. The van der Waals surface area contributed by atoms with Gasteiger partial charge in [-0.1, -0.05) is 0 Å². The fraction of sp³-hybridized carbons (Fsp3) is 0.400. The molecule has 2 aliphatic carbocycles. The average molecular weight is 395 g/mol. The van der Waals surface area contributed by atoms with Gasteiger partial charge >= 0.3 is 0 Å². The van der Waals surface area contributed by atoms with Gasteiger partial charge in [-0.05, 0) is 36.5 Å². The molecule has 0 spiro atoms. The summed E-state index contributed by atoms with van der Waals surface area (Å²) in [7, 11) is 8.48. The molecule has 0 amide bonds. The first-order chi connectivity index (χ1) is 12.2. The molecule has 0 aliphatic heterocycles. The van der Waals surface area contributed by atoms with Gasteiger partial charge in [-0.25, -0.2) is 0 Å². The molecule has 0 saturated heterocycles. The minimum absolute atomic E-state index is 0.123. The van der Waals surface area contributed by atoms with Crippen molar-refractivity contribution in [2.75, 3.05) is 55.4 Å². The van der Waals surface area contributed by atoms with Gasteiger partial charge in [0.05, 0.1) is 53.4 Å². The normalized spacial score (nSPS) is 18.8. The molecule has 6 nitrogen and oxygen atoms in total. The lowest BCUT2D eigenvalue weighted by atomic mass is 10.0. The van der Waals surface area contributed by atoms with E-state index in [4.69, 9.17) is 0 Å². The zero-order valence-electron chi connectivity index (χ0n) is 16.9. The van der Waals surface area contributed by atoms with Crippen LogP contribution < -0.4 is 0 Å². The predicted octanol–water partition coefficient (Wildman–Crippen LogP) is 1.62. The van der Waals surface area contributed by atoms with E-state index in [1.807, 2.05) is 42.3 Å². The van der Waals surface area contributed by atoms with E-state index in [1.165, 1.54) is 24.3 Å². The lowest BCUT2D eigenvalue weighted by Gasteiger charge is -2.26. The minimum atomic E-state index is -3.32. The number of carbonyl (C=O) groups is 2. The van der Waals surface area contributed by atoms with Gasteiger partial charge in [0.15, 0.2) is 11.6 Å². The Morgan fingerprint density at radius 1 is 0.704 bits per heavy atom. The number of quaternary nitrogens is 2. The Morgan fingerprint density at radius 3 is 1.33 bits per heavy atom. The Balaban J connectivity index is 2.63. The number of allylic oxidation sites excluding steroid dienone is 6. The molecule has 0 fully saturated rings. The first kappa shape index (κ1) is 21.5. The highest BCUT2D eigenvalue weighted by Gasteiger charge is 2.23. The molecule has 0 aromatic carbocycles. The van der Waals surface area contributed by atoms with E-state index in [0.29, 0.717) is 42.9 Å². The fourth-order valence-corrected chi connectivity index (χ4v) is 4.27. The molecule has 148 valence electrons. The Hall–Kier alpha value is -1.77. The molecule has 2 rings (SSSR count). The van der Waals surface area contributed by atoms with Gasteiger partial charge < -0.3 is 18.1 Å². The third-order valence-corrected chi connectivity index (χ3v) is 5.83. The fourth-order valence-electron chi connectivity index (χ4n) is 2.87. The second kappa shape index (κ2) is 7.33. The van der Waals surface area contributed by atoms with E-state index in [-0.39, 0.29) is 11.6 Å². The number of hydrogen-bond donors (Lipinski definition) is 2. The van der Waals surface area contributed by atoms with Crippen molar-refractivity contribution in [3.63, 3.8) is 0 Å². The van der Waals surface area contributed by atoms with Crippen LogP contribution >= 0.6 is 9.77 Å². The first-order valence-corrected chi connectivity index (χ1v) is 10.2. The number of rotatable bonds is 4. The Kier molecular flexibility index (Phi) is 5.85. The van der Waals surface area contributed by atoms with Gasteiger partial charge in [0, 0.05) is 19.5 Å². The Bertz CT molecular complexity index is 846. The van der Waals surface area contributed by atoms with Gasteiger partial charge in [0.1, 0.15) is 13.1 Å². The summed E-state index contributed by atoms with van der Waals surface area (Å²) in [6.07, 6.45) is 8.83. The number of ketones is 2. The Morgan fingerprint density at radius 2 is 1.04 bits per heavy atom. The smallest absolute Gasteiger partial charge is 0.187 e. The van der Waals surface area contributed by atoms with Crippen molar-refractivity contribution in [3.05, 3.63) is 47.6 Å². The van der Waals surface area contributed by atoms with E-state index in [1.54, 1.807) is 12.2 Å². The number of nitrogens with zero attached hydrogens (tertiary/aromatic N) is 2. The molecule has 0 saturated carbocycles. The van der Waals surface area contributed by atoms with Crippen LogP contribution in [0.5, 0.6) is 0 Å². The summed E-state index contributed by atoms with van der Waals surface area (Å²) >= 11 is 0. The number of hydrogen-bond acceptors (Lipinski definition) is 4. The molecular formula is C20H30N2O4S+2. The summed E-state index contributed by atoms with van der Waals surface area (Å²) in [6, 6.07) is 0. The maximum Gasteiger partial charge on any atom is 0.187 e. The lowest BCUT2D eigenvalue weighted by molar-refractivity contribution is -0.865. The van der Waals surface area contributed by atoms with Gasteiger partial charge in [-0.2, -0.15) is 0 Å². The minimum Gasteiger partial charge on any atom is -0.327 e. The van der Waals surface area contributed by atoms with Crippen molar-refractivity contribution in [3.8, 4) is 0 Å². The van der Waals surface area contributed by atoms with E-state index < -0.39 is 9.77 Å². The monoisotopic (exact) mass is 394 g/mol. The van der Waals surface area contributed by atoms with Gasteiger partial charge in [-0.15, -0.1) is 0 Å². The predicted molar refractivity (Wildman–Crippen MR) is 113 cm³/mol. The topological polar surface area (TPSA) is 74.6 Å². The maximum absolute atomic E-state index is 12.2. The zero-order valence-corrected chi connectivity index (χ0v) is 17.7. The van der Waals surface area contributed by atoms with Gasteiger partial charge in [-0.3, -0.25) is 9.59 Å². The van der Waals surface area contributed by atoms with E-state index in [9.17, 15) is 18.7 Å². The molecule has 0 atom stereocenters. The third kappa shape index (κ3) is 5.60. The van der Waals surface area contributed by atoms with Crippen molar-refractivity contribution in [2.24, 2.45) is 0 Å². The second-order valence-electron chi connectivity index (χ2n) is 8.98. The quantitative estimate of drug-likeness (QED) is 0.561. The third-order valence-electron chi connectivity index (χ3n) is 4.01. The van der Waals surface area contributed by atoms with Gasteiger partial charge in [0.2, 0.25) is 0 Å². The van der Waals surface area contributed by atoms with Crippen LogP contribution in [0.15, 0.2) is 47.6 Å². The molecule has 7 heteroatoms. The standard InChI is InChI=1S/C20H28N2O4S/c1-21(2,3)13-15-11-17(7-9-19(15)23)27(25,26)18-8-10-20(24)16(12-18)14-22(4,5)6/h7-12H,13-14H2,1-6H3/p+2. The molecular weight excluding hydrogens is 364 g/mol. The number of likely N-dealkylation sites (N-methyl/N-ethyl adjacent to an activating group) is 2. The van der Waals surface area contributed by atoms with E-state index in [2.05, 4.69) is 0 Å². The molecule has 0 radical (unpaired) electrons. The molecule has 2 aliphatic rings. The van der Waals surface area contributed by atoms with Crippen LogP contribution in [0.3, 0.4) is 0 Å². The first-order valence-electron chi connectivity index (χ1n) is 8.68. The molecule has 0 aromatic rings. The van der Waals surface area contributed by atoms with E-state index >= 15 is 0 Å². The summed E-state index contributed by atoms with van der Waals surface area (Å²) in [5.74, 6) is -0.245. The summed E-state index contributed by atoms with van der Waals surface area (Å²) < 4.78 is 22.9. The van der Waals surface area contributed by atoms with Crippen molar-refractivity contribution in [2.45, 2.75) is 0 Å². The molecule has 0 unspecified atom stereocenters. The van der Waals surface area contributed by atoms with Crippen LogP contribution in [0.25, 0.3) is 0 Å². The molecule has 0 bridgehead atoms. The molecule has 27 heavy (non-hydrogen) atoms. The van der Waals surface area contributed by atoms with Crippen molar-refractivity contribution >= 4 is 31.1 Å². The van der Waals surface area contributed by atoms with Crippen molar-refractivity contribution < 1.29 is 27.7 Å². The zero-order chi connectivity index (χ0) is 20.6. The van der Waals surface area contributed by atoms with Crippen LogP contribution in [0.4, 0.5) is 0 Å². The average Bonchev–Trinajstić information content (AvgIpc) is 2.48. The highest BCUT2D eigenvalue weighted by atomic mass is 32.2. The van der Waals surface area contributed by atoms with Gasteiger partial charge in [0.25, 0.3) is 0 Å². The van der Waals surface area contributed by atoms with Crippen molar-refractivity contribution in [1.29, 1.82) is 0 Å². The van der Waals surface area contributed by atoms with E-state index in [0.717, 1.165) is 0 Å². The van der Waals surface area contributed by atoms with Crippen LogP contribution in [0.2, 0.25) is 0 Å². The summed E-state index contributed by atoms with van der Waals surface area (Å²) in [6.45, 7) is 0.961. The van der Waals surface area contributed by atoms with Crippen LogP contribution in [0, 0.1) is 0 Å². The van der Waals surface area contributed by atoms with Crippen LogP contribution in [0.1, 0.15) is 0 Å².